The van der Waals surface area contributed by atoms with E-state index < -0.39 is 0 Å². The van der Waals surface area contributed by atoms with Crippen molar-refractivity contribution in [2.24, 2.45) is 0 Å². The minimum atomic E-state index is -0.110. The van der Waals surface area contributed by atoms with Gasteiger partial charge in [0.25, 0.3) is 5.56 Å². The number of H-pyrrole nitrogens is 1. The van der Waals surface area contributed by atoms with Gasteiger partial charge < -0.3 is 10.1 Å². The summed E-state index contributed by atoms with van der Waals surface area (Å²) >= 11 is 0. The number of para-hydroxylation sites is 1. The van der Waals surface area contributed by atoms with Crippen molar-refractivity contribution in [1.29, 1.82) is 0 Å². The number of hydrogen-bond donors (Lipinski definition) is 2. The zero-order valence-corrected chi connectivity index (χ0v) is 13.0. The van der Waals surface area contributed by atoms with E-state index in [2.05, 4.69) is 34.0 Å². The van der Waals surface area contributed by atoms with Crippen LogP contribution in [0.3, 0.4) is 0 Å². The second-order valence-corrected chi connectivity index (χ2v) is 5.88. The Hall–Kier alpha value is -1.92. The zero-order valence-electron chi connectivity index (χ0n) is 13.0. The fraction of sp³-hybridized carbons (Fsp3) is 0.500. The Morgan fingerprint density at radius 3 is 2.82 bits per heavy atom. The van der Waals surface area contributed by atoms with Gasteiger partial charge in [-0.3, -0.25) is 14.7 Å². The summed E-state index contributed by atoms with van der Waals surface area (Å²) in [5.74, 6) is 0.526. The Morgan fingerprint density at radius 2 is 2.05 bits per heavy atom. The van der Waals surface area contributed by atoms with Crippen LogP contribution in [0.15, 0.2) is 29.1 Å². The first-order valence-corrected chi connectivity index (χ1v) is 7.72. The second kappa shape index (κ2) is 6.46. The van der Waals surface area contributed by atoms with Gasteiger partial charge in [-0.15, -0.1) is 0 Å². The third-order valence-electron chi connectivity index (χ3n) is 3.83. The molecule has 0 radical (unpaired) electrons. The average Bonchev–Trinajstić information content (AvgIpc) is 2.46. The molecule has 1 fully saturated rings. The van der Waals surface area contributed by atoms with Crippen LogP contribution < -0.4 is 10.9 Å². The number of fused-ring (bicyclic) bond motifs is 1. The van der Waals surface area contributed by atoms with Gasteiger partial charge in [-0.05, 0) is 26.0 Å². The van der Waals surface area contributed by atoms with E-state index in [0.29, 0.717) is 16.9 Å². The number of nitrogens with zero attached hydrogens (tertiary/aromatic N) is 2. The van der Waals surface area contributed by atoms with Gasteiger partial charge >= 0.3 is 0 Å². The molecule has 0 amide bonds. The van der Waals surface area contributed by atoms with Crippen LogP contribution >= 0.6 is 0 Å². The number of ether oxygens (including phenoxy) is 1. The molecule has 6 nitrogen and oxygen atoms in total. The standard InChI is InChI=1S/C16H22N4O2/c1-11-9-20(10-12(2)22-11)8-7-17-16-18-14-6-4-3-5-13(14)15(21)19-16/h3-6,11-12H,7-10H2,1-2H3,(H2,17,18,19,21)/t11-,12+. The molecule has 0 bridgehead atoms. The molecule has 1 aliphatic rings. The van der Waals surface area contributed by atoms with Gasteiger partial charge in [0.05, 0.1) is 23.1 Å². The summed E-state index contributed by atoms with van der Waals surface area (Å²) in [5, 5.41) is 3.82. The fourth-order valence-electron chi connectivity index (χ4n) is 2.97. The van der Waals surface area contributed by atoms with E-state index in [1.807, 2.05) is 18.2 Å². The molecule has 1 aromatic carbocycles. The number of morpholine rings is 1. The summed E-state index contributed by atoms with van der Waals surface area (Å²) in [4.78, 5) is 21.6. The van der Waals surface area contributed by atoms with Gasteiger partial charge in [-0.25, -0.2) is 4.98 Å². The lowest BCUT2D eigenvalue weighted by Crippen LogP contribution is -2.46. The number of aromatic nitrogens is 2. The number of nitrogens with one attached hydrogen (secondary N) is 2. The van der Waals surface area contributed by atoms with Crippen LogP contribution in [0.2, 0.25) is 0 Å². The van der Waals surface area contributed by atoms with Crippen molar-refractivity contribution in [3.8, 4) is 0 Å². The van der Waals surface area contributed by atoms with Gasteiger partial charge in [0, 0.05) is 26.2 Å². The number of benzene rings is 1. The fourth-order valence-corrected chi connectivity index (χ4v) is 2.97. The third-order valence-corrected chi connectivity index (χ3v) is 3.83. The number of anilines is 1. The van der Waals surface area contributed by atoms with Gasteiger partial charge in [0.15, 0.2) is 0 Å². The molecule has 22 heavy (non-hydrogen) atoms. The Labute approximate surface area is 129 Å². The van der Waals surface area contributed by atoms with Gasteiger partial charge in [-0.1, -0.05) is 12.1 Å². The van der Waals surface area contributed by atoms with E-state index in [9.17, 15) is 4.79 Å². The van der Waals surface area contributed by atoms with E-state index in [1.54, 1.807) is 6.07 Å². The van der Waals surface area contributed by atoms with E-state index in [0.717, 1.165) is 26.2 Å². The maximum Gasteiger partial charge on any atom is 0.260 e. The van der Waals surface area contributed by atoms with Crippen molar-refractivity contribution in [1.82, 2.24) is 14.9 Å². The molecule has 118 valence electrons. The molecule has 2 N–H and O–H groups in total. The van der Waals surface area contributed by atoms with E-state index in [4.69, 9.17) is 4.74 Å². The quantitative estimate of drug-likeness (QED) is 0.894. The van der Waals surface area contributed by atoms with Crippen LogP contribution in [0, 0.1) is 0 Å². The smallest absolute Gasteiger partial charge is 0.260 e. The molecule has 1 aromatic heterocycles. The molecule has 0 spiro atoms. The van der Waals surface area contributed by atoms with Crippen LogP contribution in [-0.2, 0) is 4.74 Å². The van der Waals surface area contributed by atoms with Crippen molar-refractivity contribution in [2.75, 3.05) is 31.5 Å². The molecule has 1 saturated heterocycles. The van der Waals surface area contributed by atoms with Crippen molar-refractivity contribution in [3.05, 3.63) is 34.6 Å². The summed E-state index contributed by atoms with van der Waals surface area (Å²) in [5.41, 5.74) is 0.601. The molecule has 6 heteroatoms. The summed E-state index contributed by atoms with van der Waals surface area (Å²) < 4.78 is 5.72. The molecule has 2 atom stereocenters. The molecule has 2 heterocycles. The van der Waals surface area contributed by atoms with E-state index in [1.165, 1.54) is 0 Å². The van der Waals surface area contributed by atoms with Crippen molar-refractivity contribution in [2.45, 2.75) is 26.1 Å². The molecule has 0 aliphatic carbocycles. The number of hydrogen-bond acceptors (Lipinski definition) is 5. The topological polar surface area (TPSA) is 70.2 Å². The van der Waals surface area contributed by atoms with Crippen LogP contribution in [0.1, 0.15) is 13.8 Å². The predicted molar refractivity (Wildman–Crippen MR) is 87.3 cm³/mol. The highest BCUT2D eigenvalue weighted by Gasteiger charge is 2.21. The Kier molecular flexibility index (Phi) is 4.40. The van der Waals surface area contributed by atoms with Crippen molar-refractivity contribution in [3.63, 3.8) is 0 Å². The molecule has 0 saturated carbocycles. The Balaban J connectivity index is 1.61. The second-order valence-electron chi connectivity index (χ2n) is 5.88. The van der Waals surface area contributed by atoms with Crippen LogP contribution in [-0.4, -0.2) is 53.3 Å². The first-order chi connectivity index (χ1) is 10.6. The molecule has 1 aliphatic heterocycles. The summed E-state index contributed by atoms with van der Waals surface area (Å²) in [6.45, 7) is 7.70. The van der Waals surface area contributed by atoms with Gasteiger partial charge in [0.1, 0.15) is 0 Å². The van der Waals surface area contributed by atoms with Crippen LogP contribution in [0.4, 0.5) is 5.95 Å². The molecular formula is C16H22N4O2. The van der Waals surface area contributed by atoms with Crippen LogP contribution in [0.25, 0.3) is 10.9 Å². The highest BCUT2D eigenvalue weighted by molar-refractivity contribution is 5.78. The van der Waals surface area contributed by atoms with Gasteiger partial charge in [-0.2, -0.15) is 0 Å². The first kappa shape index (κ1) is 15.0. The summed E-state index contributed by atoms with van der Waals surface area (Å²) in [7, 11) is 0. The highest BCUT2D eigenvalue weighted by Crippen LogP contribution is 2.10. The molecule has 3 rings (SSSR count). The normalized spacial score (nSPS) is 22.8. The lowest BCUT2D eigenvalue weighted by atomic mass is 10.2. The zero-order chi connectivity index (χ0) is 15.5. The maximum atomic E-state index is 12.0. The summed E-state index contributed by atoms with van der Waals surface area (Å²) in [6.07, 6.45) is 0.532. The SMILES string of the molecule is C[C@@H]1CN(CCNc2nc3ccccc3c(=O)[nH]2)C[C@H](C)O1. The average molecular weight is 302 g/mol. The Morgan fingerprint density at radius 1 is 1.32 bits per heavy atom. The molecular weight excluding hydrogens is 280 g/mol. The predicted octanol–water partition coefficient (Wildman–Crippen LogP) is 1.44. The Bertz CT molecular complexity index is 690. The van der Waals surface area contributed by atoms with Crippen molar-refractivity contribution < 1.29 is 4.74 Å². The first-order valence-electron chi connectivity index (χ1n) is 7.72. The largest absolute Gasteiger partial charge is 0.373 e. The summed E-state index contributed by atoms with van der Waals surface area (Å²) in [6, 6.07) is 7.35. The maximum absolute atomic E-state index is 12.0. The third kappa shape index (κ3) is 3.45. The van der Waals surface area contributed by atoms with Gasteiger partial charge in [0.2, 0.25) is 5.95 Å². The van der Waals surface area contributed by atoms with E-state index in [-0.39, 0.29) is 17.8 Å². The number of rotatable bonds is 4. The van der Waals surface area contributed by atoms with Crippen LogP contribution in [0.5, 0.6) is 0 Å². The molecule has 0 unspecified atom stereocenters. The lowest BCUT2D eigenvalue weighted by molar-refractivity contribution is -0.0667. The lowest BCUT2D eigenvalue weighted by Gasteiger charge is -2.35. The monoisotopic (exact) mass is 302 g/mol. The minimum Gasteiger partial charge on any atom is -0.373 e. The highest BCUT2D eigenvalue weighted by atomic mass is 16.5. The van der Waals surface area contributed by atoms with Crippen molar-refractivity contribution >= 4 is 16.9 Å². The number of aromatic amines is 1. The minimum absolute atomic E-state index is 0.110. The van der Waals surface area contributed by atoms with E-state index >= 15 is 0 Å². The molecule has 2 aromatic rings.